The number of esters is 3. The predicted octanol–water partition coefficient (Wildman–Crippen LogP) is 3.72. The van der Waals surface area contributed by atoms with Crippen molar-refractivity contribution in [3.63, 3.8) is 0 Å². The van der Waals surface area contributed by atoms with E-state index in [2.05, 4.69) is 15.1 Å². The van der Waals surface area contributed by atoms with E-state index in [1.54, 1.807) is 97.9 Å². The fraction of sp³-hybridized carbons (Fsp3) is 0.212. The summed E-state index contributed by atoms with van der Waals surface area (Å²) in [6.07, 6.45) is -3.90. The molecule has 5 aromatic rings. The molecule has 3 heterocycles. The van der Waals surface area contributed by atoms with Crippen molar-refractivity contribution in [3.05, 3.63) is 124 Å². The number of fused-ring (bicyclic) bond motifs is 1. The number of nitrogens with one attached hydrogen (secondary N) is 1. The third-order valence-corrected chi connectivity index (χ3v) is 7.16. The summed E-state index contributed by atoms with van der Waals surface area (Å²) in [5, 5.41) is 4.49. The van der Waals surface area contributed by atoms with Gasteiger partial charge in [0.15, 0.2) is 24.1 Å². The molecule has 13 heteroatoms. The van der Waals surface area contributed by atoms with Crippen molar-refractivity contribution >= 4 is 28.9 Å². The SMILES string of the molecule is CCOc1nn([C@@H]2O[C@H](COC(=O)c3ccccc3)[C@@H](OC(=O)c3ccccc3)[C@H]2OC(=O)c2ccccc2)c2nc[nH]c(=O)c12. The monoisotopic (exact) mass is 624 g/mol. The van der Waals surface area contributed by atoms with Gasteiger partial charge in [-0.05, 0) is 43.3 Å². The largest absolute Gasteiger partial charge is 0.476 e. The van der Waals surface area contributed by atoms with Crippen molar-refractivity contribution in [1.29, 1.82) is 0 Å². The minimum Gasteiger partial charge on any atom is -0.476 e. The molecular weight excluding hydrogens is 596 g/mol. The minimum absolute atomic E-state index is 0.0274. The van der Waals surface area contributed by atoms with E-state index in [0.717, 1.165) is 0 Å². The van der Waals surface area contributed by atoms with Gasteiger partial charge in [-0.2, -0.15) is 0 Å². The summed E-state index contributed by atoms with van der Waals surface area (Å²) in [6, 6.07) is 24.8. The van der Waals surface area contributed by atoms with Crippen LogP contribution >= 0.6 is 0 Å². The van der Waals surface area contributed by atoms with Crippen LogP contribution in [0.15, 0.2) is 102 Å². The fourth-order valence-electron chi connectivity index (χ4n) is 5.02. The van der Waals surface area contributed by atoms with E-state index in [9.17, 15) is 19.2 Å². The quantitative estimate of drug-likeness (QED) is 0.178. The van der Waals surface area contributed by atoms with E-state index in [4.69, 9.17) is 23.7 Å². The Morgan fingerprint density at radius 1 is 0.804 bits per heavy atom. The van der Waals surface area contributed by atoms with Crippen LogP contribution in [0, 0.1) is 0 Å². The standard InChI is InChI=1S/C33H28N4O9/c1-2-42-29-24-27(34-19-35-28(24)38)37(36-29)30-26(46-33(41)22-16-10-5-11-17-22)25(45-32(40)21-14-8-4-9-15-21)23(44-30)18-43-31(39)20-12-6-3-7-13-20/h3-17,19,23,25-26,30H,2,18H2,1H3,(H,34,35,38)/t23-,25-,26-,30-/m1/s1. The number of H-pyrrole nitrogens is 1. The van der Waals surface area contributed by atoms with Crippen LogP contribution in [0.25, 0.3) is 11.0 Å². The van der Waals surface area contributed by atoms with Gasteiger partial charge in [-0.25, -0.2) is 24.0 Å². The molecule has 1 aliphatic heterocycles. The normalized spacial score (nSPS) is 19.0. The molecule has 46 heavy (non-hydrogen) atoms. The third kappa shape index (κ3) is 6.21. The van der Waals surface area contributed by atoms with Crippen molar-refractivity contribution in [3.8, 4) is 5.88 Å². The molecule has 0 radical (unpaired) electrons. The van der Waals surface area contributed by atoms with Crippen LogP contribution < -0.4 is 10.3 Å². The molecule has 1 N–H and O–H groups in total. The Balaban J connectivity index is 1.41. The lowest BCUT2D eigenvalue weighted by Crippen LogP contribution is -2.41. The maximum atomic E-state index is 13.4. The number of ether oxygens (including phenoxy) is 5. The van der Waals surface area contributed by atoms with Gasteiger partial charge in [0.25, 0.3) is 5.56 Å². The topological polar surface area (TPSA) is 161 Å². The second-order valence-corrected chi connectivity index (χ2v) is 10.1. The van der Waals surface area contributed by atoms with Crippen molar-refractivity contribution in [2.75, 3.05) is 13.2 Å². The van der Waals surface area contributed by atoms with Crippen LogP contribution in [0.4, 0.5) is 0 Å². The molecule has 0 aliphatic carbocycles. The van der Waals surface area contributed by atoms with Gasteiger partial charge in [-0.15, -0.1) is 5.10 Å². The summed E-state index contributed by atoms with van der Waals surface area (Å²) in [4.78, 5) is 59.3. The molecule has 4 atom stereocenters. The van der Waals surface area contributed by atoms with Crippen LogP contribution in [-0.4, -0.2) is 69.2 Å². The van der Waals surface area contributed by atoms with Gasteiger partial charge >= 0.3 is 17.9 Å². The molecule has 0 unspecified atom stereocenters. The number of hydrogen-bond donors (Lipinski definition) is 1. The highest BCUT2D eigenvalue weighted by molar-refractivity contribution is 5.91. The Morgan fingerprint density at radius 3 is 1.91 bits per heavy atom. The number of aromatic amines is 1. The Bertz CT molecular complexity index is 1890. The average molecular weight is 625 g/mol. The van der Waals surface area contributed by atoms with Crippen LogP contribution in [-0.2, 0) is 18.9 Å². The Kier molecular flexibility index (Phi) is 8.83. The Hall–Kier alpha value is -5.82. The van der Waals surface area contributed by atoms with Gasteiger partial charge in [0.1, 0.15) is 18.1 Å². The molecule has 0 saturated carbocycles. The molecule has 2 aromatic heterocycles. The molecule has 6 rings (SSSR count). The summed E-state index contributed by atoms with van der Waals surface area (Å²) in [7, 11) is 0. The number of aromatic nitrogens is 4. The van der Waals surface area contributed by atoms with Crippen LogP contribution in [0.3, 0.4) is 0 Å². The number of rotatable bonds is 10. The van der Waals surface area contributed by atoms with Gasteiger partial charge in [0, 0.05) is 0 Å². The number of hydrogen-bond acceptors (Lipinski definition) is 11. The van der Waals surface area contributed by atoms with E-state index >= 15 is 0 Å². The summed E-state index contributed by atoms with van der Waals surface area (Å²) < 4.78 is 30.7. The van der Waals surface area contributed by atoms with Crippen LogP contribution in [0.1, 0.15) is 44.2 Å². The fourth-order valence-corrected chi connectivity index (χ4v) is 5.02. The third-order valence-electron chi connectivity index (χ3n) is 7.16. The van der Waals surface area contributed by atoms with Crippen molar-refractivity contribution in [1.82, 2.24) is 19.7 Å². The number of nitrogens with zero attached hydrogens (tertiary/aromatic N) is 3. The van der Waals surface area contributed by atoms with Gasteiger partial charge in [-0.1, -0.05) is 54.6 Å². The first-order chi connectivity index (χ1) is 22.4. The van der Waals surface area contributed by atoms with Crippen LogP contribution in [0.5, 0.6) is 5.88 Å². The number of carbonyl (C=O) groups is 3. The summed E-state index contributed by atoms with van der Waals surface area (Å²) in [5.41, 5.74) is 0.299. The zero-order valence-electron chi connectivity index (χ0n) is 24.5. The first kappa shape index (κ1) is 30.2. The minimum atomic E-state index is -1.35. The highest BCUT2D eigenvalue weighted by Gasteiger charge is 2.52. The second kappa shape index (κ2) is 13.4. The van der Waals surface area contributed by atoms with Gasteiger partial charge in [-0.3, -0.25) is 4.79 Å². The maximum Gasteiger partial charge on any atom is 0.338 e. The van der Waals surface area contributed by atoms with Crippen molar-refractivity contribution in [2.45, 2.75) is 31.5 Å². The maximum absolute atomic E-state index is 13.4. The Labute approximate surface area is 261 Å². The molecule has 0 amide bonds. The first-order valence-electron chi connectivity index (χ1n) is 14.4. The van der Waals surface area contributed by atoms with E-state index in [1.165, 1.54) is 11.0 Å². The highest BCUT2D eigenvalue weighted by atomic mass is 16.7. The van der Waals surface area contributed by atoms with Gasteiger partial charge < -0.3 is 28.7 Å². The summed E-state index contributed by atoms with van der Waals surface area (Å²) in [5.74, 6) is -2.14. The molecule has 1 saturated heterocycles. The second-order valence-electron chi connectivity index (χ2n) is 10.1. The smallest absolute Gasteiger partial charge is 0.338 e. The lowest BCUT2D eigenvalue weighted by atomic mass is 10.1. The molecule has 0 bridgehead atoms. The lowest BCUT2D eigenvalue weighted by Gasteiger charge is -2.24. The van der Waals surface area contributed by atoms with E-state index < -0.39 is 48.0 Å². The zero-order chi connectivity index (χ0) is 32.0. The van der Waals surface area contributed by atoms with Crippen LogP contribution in [0.2, 0.25) is 0 Å². The summed E-state index contributed by atoms with van der Waals surface area (Å²) in [6.45, 7) is 1.53. The van der Waals surface area contributed by atoms with Crippen molar-refractivity contribution < 1.29 is 38.1 Å². The van der Waals surface area contributed by atoms with Gasteiger partial charge in [0.05, 0.1) is 29.6 Å². The average Bonchev–Trinajstić information content (AvgIpc) is 3.62. The summed E-state index contributed by atoms with van der Waals surface area (Å²) >= 11 is 0. The van der Waals surface area contributed by atoms with E-state index in [-0.39, 0.29) is 41.3 Å². The Morgan fingerprint density at radius 2 is 1.35 bits per heavy atom. The molecule has 3 aromatic carbocycles. The lowest BCUT2D eigenvalue weighted by molar-refractivity contribution is -0.0657. The first-order valence-corrected chi connectivity index (χ1v) is 14.4. The van der Waals surface area contributed by atoms with Crippen molar-refractivity contribution in [2.24, 2.45) is 0 Å². The highest BCUT2D eigenvalue weighted by Crippen LogP contribution is 2.37. The molecule has 234 valence electrons. The predicted molar refractivity (Wildman–Crippen MR) is 161 cm³/mol. The number of benzene rings is 3. The van der Waals surface area contributed by atoms with Gasteiger partial charge in [0.2, 0.25) is 5.88 Å². The zero-order valence-corrected chi connectivity index (χ0v) is 24.5. The van der Waals surface area contributed by atoms with E-state index in [0.29, 0.717) is 5.56 Å². The molecule has 1 fully saturated rings. The molecule has 13 nitrogen and oxygen atoms in total. The molecule has 1 aliphatic rings. The molecular formula is C33H28N4O9. The van der Waals surface area contributed by atoms with E-state index in [1.807, 2.05) is 0 Å². The number of carbonyl (C=O) groups excluding carboxylic acids is 3. The molecule has 0 spiro atoms.